The zero-order valence-corrected chi connectivity index (χ0v) is 50.7. The predicted molar refractivity (Wildman–Crippen MR) is 340 cm³/mol. The lowest BCUT2D eigenvalue weighted by Gasteiger charge is -2.26. The first kappa shape index (κ1) is 56.0. The SMILES string of the molecule is CC(C)(C)c1cc(-c2c3nc(c(-c4cc(C(C)(C)C)cc(C(C)(C)C)c4)c4ccc([nH]4)c(-c4cc(C(C)(C)C)cc(C(C)(C)C)c4)c4nc(c(-c5ccc(NC(=O)CCS)cc5)c5ccc2[nH]5)C=C4)C=C3)cc(C(C)(C)C)c1. The number of carbonyl (C=O) groups is 1. The summed E-state index contributed by atoms with van der Waals surface area (Å²) in [7, 11) is 0. The summed E-state index contributed by atoms with van der Waals surface area (Å²) in [5.74, 6) is 0.409. The van der Waals surface area contributed by atoms with Gasteiger partial charge in [0.25, 0.3) is 0 Å². The molecule has 7 heteroatoms. The summed E-state index contributed by atoms with van der Waals surface area (Å²) >= 11 is 4.30. The van der Waals surface area contributed by atoms with Gasteiger partial charge < -0.3 is 15.3 Å². The highest BCUT2D eigenvalue weighted by molar-refractivity contribution is 7.80. The van der Waals surface area contributed by atoms with E-state index in [1.54, 1.807) is 0 Å². The van der Waals surface area contributed by atoms with E-state index in [1.807, 2.05) is 12.1 Å². The number of aromatic nitrogens is 4. The Hall–Kier alpha value is -6.70. The van der Waals surface area contributed by atoms with Crippen LogP contribution < -0.4 is 5.32 Å². The van der Waals surface area contributed by atoms with Gasteiger partial charge in [0.15, 0.2) is 0 Å². The highest BCUT2D eigenvalue weighted by atomic mass is 32.1. The number of fused-ring (bicyclic) bond motifs is 8. The molecule has 404 valence electrons. The first-order valence-corrected chi connectivity index (χ1v) is 28.6. The Balaban J connectivity index is 1.50. The zero-order chi connectivity index (χ0) is 56.7. The Labute approximate surface area is 471 Å². The van der Waals surface area contributed by atoms with Crippen molar-refractivity contribution >= 4 is 70.6 Å². The predicted octanol–water partition coefficient (Wildman–Crippen LogP) is 19.4. The van der Waals surface area contributed by atoms with Gasteiger partial charge in [-0.2, -0.15) is 12.6 Å². The minimum absolute atomic E-state index is 0.0672. The van der Waals surface area contributed by atoms with Crippen molar-refractivity contribution in [1.82, 2.24) is 19.9 Å². The maximum Gasteiger partial charge on any atom is 0.225 e. The molecular formula is C71H83N5OS. The third-order valence-electron chi connectivity index (χ3n) is 15.4. The fourth-order valence-electron chi connectivity index (χ4n) is 10.4. The van der Waals surface area contributed by atoms with Gasteiger partial charge in [0.2, 0.25) is 5.91 Å². The third kappa shape index (κ3) is 11.7. The monoisotopic (exact) mass is 1050 g/mol. The van der Waals surface area contributed by atoms with E-state index in [2.05, 4.69) is 268 Å². The van der Waals surface area contributed by atoms with Gasteiger partial charge in [-0.05, 0) is 155 Å². The maximum atomic E-state index is 12.8. The lowest BCUT2D eigenvalue weighted by molar-refractivity contribution is -0.115. The molecule has 0 atom stereocenters. The van der Waals surface area contributed by atoms with Gasteiger partial charge in [-0.15, -0.1) is 0 Å². The minimum Gasteiger partial charge on any atom is -0.354 e. The molecule has 3 aromatic heterocycles. The summed E-state index contributed by atoms with van der Waals surface area (Å²) in [6, 6.07) is 38.4. The number of hydrogen-bond donors (Lipinski definition) is 4. The Morgan fingerprint density at radius 2 is 0.641 bits per heavy atom. The average molecular weight is 1050 g/mol. The maximum absolute atomic E-state index is 12.8. The number of nitrogens with one attached hydrogen (secondary N) is 3. The number of aromatic amines is 2. The number of rotatable bonds is 7. The molecule has 0 fully saturated rings. The molecule has 8 bridgehead atoms. The number of hydrogen-bond acceptors (Lipinski definition) is 4. The summed E-state index contributed by atoms with van der Waals surface area (Å²) < 4.78 is 0. The number of anilines is 1. The molecule has 5 heterocycles. The molecule has 2 aliphatic rings. The van der Waals surface area contributed by atoms with Crippen molar-refractivity contribution in [3.63, 3.8) is 0 Å². The zero-order valence-electron chi connectivity index (χ0n) is 49.8. The van der Waals surface area contributed by atoms with Crippen LogP contribution in [0.2, 0.25) is 0 Å². The van der Waals surface area contributed by atoms with Crippen molar-refractivity contribution in [3.05, 3.63) is 159 Å². The van der Waals surface area contributed by atoms with Crippen molar-refractivity contribution in [3.8, 4) is 44.5 Å². The van der Waals surface area contributed by atoms with Crippen molar-refractivity contribution in [1.29, 1.82) is 0 Å². The highest BCUT2D eigenvalue weighted by Crippen LogP contribution is 2.44. The van der Waals surface area contributed by atoms with Crippen molar-refractivity contribution in [2.24, 2.45) is 0 Å². The third-order valence-corrected chi connectivity index (χ3v) is 15.6. The van der Waals surface area contributed by atoms with Crippen LogP contribution in [0.5, 0.6) is 0 Å². The van der Waals surface area contributed by atoms with Gasteiger partial charge in [-0.25, -0.2) is 9.97 Å². The molecule has 0 radical (unpaired) electrons. The molecule has 7 aromatic rings. The van der Waals surface area contributed by atoms with Crippen LogP contribution in [-0.2, 0) is 37.3 Å². The van der Waals surface area contributed by atoms with Gasteiger partial charge in [0.1, 0.15) is 0 Å². The fourth-order valence-corrected chi connectivity index (χ4v) is 10.6. The molecule has 0 saturated carbocycles. The normalized spacial score (nSPS) is 13.4. The second-order valence-corrected chi connectivity index (χ2v) is 28.4. The average Bonchev–Trinajstić information content (AvgIpc) is 4.22. The second-order valence-electron chi connectivity index (χ2n) is 28.0. The van der Waals surface area contributed by atoms with Gasteiger partial charge in [0, 0.05) is 56.4 Å². The van der Waals surface area contributed by atoms with E-state index in [9.17, 15) is 4.79 Å². The van der Waals surface area contributed by atoms with Crippen LogP contribution in [0.25, 0.3) is 90.9 Å². The van der Waals surface area contributed by atoms with E-state index in [4.69, 9.17) is 9.97 Å². The summed E-state index contributed by atoms with van der Waals surface area (Å²) in [4.78, 5) is 32.3. The van der Waals surface area contributed by atoms with Gasteiger partial charge in [0.05, 0.1) is 22.8 Å². The Morgan fingerprint density at radius 1 is 0.385 bits per heavy atom. The summed E-state index contributed by atoms with van der Waals surface area (Å²) in [5, 5.41) is 3.06. The number of benzene rings is 4. The van der Waals surface area contributed by atoms with Crippen molar-refractivity contribution < 1.29 is 4.79 Å². The number of thiol groups is 1. The van der Waals surface area contributed by atoms with Crippen molar-refractivity contribution in [2.75, 3.05) is 11.1 Å². The molecular weight excluding hydrogens is 971 g/mol. The summed E-state index contributed by atoms with van der Waals surface area (Å²) in [6.07, 6.45) is 9.11. The molecule has 1 amide bonds. The molecule has 4 aromatic carbocycles. The van der Waals surface area contributed by atoms with E-state index in [-0.39, 0.29) is 38.4 Å². The topological polar surface area (TPSA) is 86.5 Å². The van der Waals surface area contributed by atoms with Crippen LogP contribution >= 0.6 is 12.6 Å². The standard InChI is InChI=1S/C71H83N5OS/c1-66(2,3)46-33-43(34-47(39-46)67(4,5)6)63-55-25-23-53(73-55)62(42-19-21-52(22-20-42)72-61(77)31-32-78)54-24-26-56(74-54)64(44-35-48(68(7,8)9)40-49(36-44)69(10,11)12)58-28-30-60(76-58)65(59-29-27-57(63)75-59)45-37-50(70(13,14)15)41-51(38-45)71(16,17)18/h19-30,33-41,73,76,78H,31-32H2,1-18H3,(H,72,77). The number of nitrogens with zero attached hydrogens (tertiary/aromatic N) is 2. The minimum atomic E-state index is -0.117. The molecule has 9 rings (SSSR count). The lowest BCUT2D eigenvalue weighted by Crippen LogP contribution is -2.16. The Kier molecular flexibility index (Phi) is 14.5. The van der Waals surface area contributed by atoms with E-state index >= 15 is 0 Å². The van der Waals surface area contributed by atoms with Crippen LogP contribution in [0.4, 0.5) is 5.69 Å². The lowest BCUT2D eigenvalue weighted by atomic mass is 9.78. The summed E-state index contributed by atoms with van der Waals surface area (Å²) in [6.45, 7) is 41.4. The van der Waals surface area contributed by atoms with Crippen LogP contribution in [0, 0.1) is 0 Å². The smallest absolute Gasteiger partial charge is 0.225 e. The van der Waals surface area contributed by atoms with E-state index in [0.29, 0.717) is 12.2 Å². The quantitative estimate of drug-likeness (QED) is 0.120. The van der Waals surface area contributed by atoms with Gasteiger partial charge in [-0.3, -0.25) is 4.79 Å². The van der Waals surface area contributed by atoms with Gasteiger partial charge >= 0.3 is 0 Å². The number of amides is 1. The van der Waals surface area contributed by atoms with E-state index < -0.39 is 0 Å². The molecule has 3 N–H and O–H groups in total. The molecule has 0 saturated heterocycles. The van der Waals surface area contributed by atoms with E-state index in [1.165, 1.54) is 33.4 Å². The Bertz CT molecular complexity index is 3550. The highest BCUT2D eigenvalue weighted by Gasteiger charge is 2.28. The number of H-pyrrole nitrogens is 2. The second kappa shape index (κ2) is 20.2. The van der Waals surface area contributed by atoms with Crippen LogP contribution in [0.1, 0.15) is 187 Å². The molecule has 0 aliphatic carbocycles. The molecule has 0 unspecified atom stereocenters. The first-order valence-electron chi connectivity index (χ1n) is 27.9. The van der Waals surface area contributed by atoms with Crippen LogP contribution in [0.3, 0.4) is 0 Å². The fraction of sp³-hybridized carbons (Fsp3) is 0.366. The molecule has 2 aliphatic heterocycles. The molecule has 6 nitrogen and oxygen atoms in total. The molecule has 78 heavy (non-hydrogen) atoms. The van der Waals surface area contributed by atoms with Crippen LogP contribution in [-0.4, -0.2) is 31.6 Å². The number of carbonyl (C=O) groups excluding carboxylic acids is 1. The first-order chi connectivity index (χ1) is 36.3. The van der Waals surface area contributed by atoms with E-state index in [0.717, 1.165) is 95.0 Å². The molecule has 0 spiro atoms. The van der Waals surface area contributed by atoms with Crippen molar-refractivity contribution in [2.45, 2.75) is 164 Å². The van der Waals surface area contributed by atoms with Crippen LogP contribution in [0.15, 0.2) is 103 Å². The largest absolute Gasteiger partial charge is 0.354 e. The van der Waals surface area contributed by atoms with Gasteiger partial charge in [-0.1, -0.05) is 191 Å². The summed E-state index contributed by atoms with van der Waals surface area (Å²) in [5.41, 5.74) is 23.2. The Morgan fingerprint density at radius 3 is 0.885 bits per heavy atom.